The lowest BCUT2D eigenvalue weighted by atomic mass is 10.0. The summed E-state index contributed by atoms with van der Waals surface area (Å²) in [6.07, 6.45) is 0.262. The van der Waals surface area contributed by atoms with Crippen LogP contribution in [-0.4, -0.2) is 19.9 Å². The van der Waals surface area contributed by atoms with Crippen molar-refractivity contribution in [1.82, 2.24) is 9.78 Å². The number of aromatic nitrogens is 2. The molecule has 2 heterocycles. The number of benzene rings is 3. The maximum atomic E-state index is 13.0. The zero-order valence-electron chi connectivity index (χ0n) is 16.6. The van der Waals surface area contributed by atoms with E-state index in [2.05, 4.69) is 10.4 Å². The molecule has 1 N–H and O–H groups in total. The summed E-state index contributed by atoms with van der Waals surface area (Å²) in [5.74, 6) is 1.37. The van der Waals surface area contributed by atoms with Gasteiger partial charge in [0.25, 0.3) is 0 Å². The lowest BCUT2D eigenvalue weighted by molar-refractivity contribution is -0.115. The van der Waals surface area contributed by atoms with Crippen LogP contribution < -0.4 is 5.32 Å². The summed E-state index contributed by atoms with van der Waals surface area (Å²) in [5, 5.41) is 9.92. The summed E-state index contributed by atoms with van der Waals surface area (Å²) in [6.45, 7) is 2.03. The molecule has 0 spiro atoms. The second kappa shape index (κ2) is 7.54. The average molecular weight is 416 g/mol. The normalized spacial score (nSPS) is 15.3. The van der Waals surface area contributed by atoms with E-state index in [0.29, 0.717) is 17.3 Å². The van der Waals surface area contributed by atoms with Crippen LogP contribution in [-0.2, 0) is 33.5 Å². The summed E-state index contributed by atoms with van der Waals surface area (Å²) >= 11 is 0. The van der Waals surface area contributed by atoms with Crippen LogP contribution in [0.1, 0.15) is 22.4 Å². The van der Waals surface area contributed by atoms with Gasteiger partial charge >= 0.3 is 0 Å². The number of fused-ring (bicyclic) bond motifs is 2. The van der Waals surface area contributed by atoms with Crippen LogP contribution in [0.3, 0.4) is 0 Å². The first-order chi connectivity index (χ1) is 14.6. The molecule has 1 aliphatic rings. The van der Waals surface area contributed by atoms with Crippen molar-refractivity contribution in [2.24, 2.45) is 0 Å². The highest BCUT2D eigenvalue weighted by molar-refractivity contribution is 7.83. The van der Waals surface area contributed by atoms with Gasteiger partial charge in [-0.2, -0.15) is 5.10 Å². The maximum absolute atomic E-state index is 13.0. The van der Waals surface area contributed by atoms with Gasteiger partial charge in [-0.15, -0.1) is 0 Å². The molecule has 0 saturated heterocycles. The van der Waals surface area contributed by atoms with Crippen molar-refractivity contribution in [2.75, 3.05) is 5.32 Å². The predicted molar refractivity (Wildman–Crippen MR) is 120 cm³/mol. The van der Waals surface area contributed by atoms with E-state index in [1.807, 2.05) is 73.7 Å². The number of hydrogen-bond acceptors (Lipinski definition) is 3. The van der Waals surface area contributed by atoms with E-state index in [1.165, 1.54) is 0 Å². The Labute approximate surface area is 177 Å². The Morgan fingerprint density at radius 3 is 2.63 bits per heavy atom. The molecule has 3 aromatic carbocycles. The minimum atomic E-state index is -0.965. The standard InChI is InChI=1S/C24H21N3O2S/c1-16-9-11-19(12-10-16)27-24(21-14-30(29)15-22(21)26-27)25-23(28)13-18-7-4-6-17-5-2-3-8-20(17)18/h2-12H,13-15H2,1H3,(H,25,28). The third-order valence-corrected chi connectivity index (χ3v) is 6.64. The fraction of sp³-hybridized carbons (Fsp3) is 0.167. The van der Waals surface area contributed by atoms with E-state index < -0.39 is 10.8 Å². The van der Waals surface area contributed by atoms with Crippen LogP contribution in [0.25, 0.3) is 16.5 Å². The summed E-state index contributed by atoms with van der Waals surface area (Å²) in [5.41, 5.74) is 4.68. The lowest BCUT2D eigenvalue weighted by Crippen LogP contribution is -2.18. The average Bonchev–Trinajstić information content (AvgIpc) is 3.26. The molecule has 5 nitrogen and oxygen atoms in total. The predicted octanol–water partition coefficient (Wildman–Crippen LogP) is 4.28. The van der Waals surface area contributed by atoms with Gasteiger partial charge in [0.2, 0.25) is 5.91 Å². The zero-order valence-corrected chi connectivity index (χ0v) is 17.4. The van der Waals surface area contributed by atoms with Gasteiger partial charge in [0.05, 0.1) is 29.3 Å². The molecule has 1 atom stereocenters. The number of hydrogen-bond donors (Lipinski definition) is 1. The summed E-state index contributed by atoms with van der Waals surface area (Å²) in [4.78, 5) is 13.0. The third kappa shape index (κ3) is 3.44. The monoisotopic (exact) mass is 415 g/mol. The number of nitrogens with one attached hydrogen (secondary N) is 1. The van der Waals surface area contributed by atoms with Crippen molar-refractivity contribution < 1.29 is 9.00 Å². The molecule has 1 aliphatic heterocycles. The van der Waals surface area contributed by atoms with Gasteiger partial charge in [0, 0.05) is 16.4 Å². The van der Waals surface area contributed by atoms with Crippen molar-refractivity contribution in [3.8, 4) is 5.69 Å². The van der Waals surface area contributed by atoms with Crippen LogP contribution in [0, 0.1) is 6.92 Å². The Bertz CT molecular complexity index is 1290. The fourth-order valence-electron chi connectivity index (χ4n) is 3.92. The van der Waals surface area contributed by atoms with Crippen molar-refractivity contribution in [3.05, 3.63) is 89.1 Å². The van der Waals surface area contributed by atoms with Crippen molar-refractivity contribution >= 4 is 33.3 Å². The quantitative estimate of drug-likeness (QED) is 0.541. The lowest BCUT2D eigenvalue weighted by Gasteiger charge is -2.12. The molecule has 6 heteroatoms. The van der Waals surface area contributed by atoms with Gasteiger partial charge in [0.15, 0.2) is 0 Å². The smallest absolute Gasteiger partial charge is 0.229 e. The Morgan fingerprint density at radius 1 is 1.03 bits per heavy atom. The Balaban J connectivity index is 1.48. The maximum Gasteiger partial charge on any atom is 0.229 e. The van der Waals surface area contributed by atoms with E-state index in [1.54, 1.807) is 4.68 Å². The van der Waals surface area contributed by atoms with E-state index in [9.17, 15) is 9.00 Å². The van der Waals surface area contributed by atoms with Crippen LogP contribution >= 0.6 is 0 Å². The van der Waals surface area contributed by atoms with Gasteiger partial charge in [-0.1, -0.05) is 60.2 Å². The zero-order chi connectivity index (χ0) is 20.7. The summed E-state index contributed by atoms with van der Waals surface area (Å²) in [6, 6.07) is 22.1. The highest BCUT2D eigenvalue weighted by Gasteiger charge is 2.28. The van der Waals surface area contributed by atoms with Gasteiger partial charge in [-0.25, -0.2) is 4.68 Å². The summed E-state index contributed by atoms with van der Waals surface area (Å²) < 4.78 is 13.8. The molecule has 0 saturated carbocycles. The number of amides is 1. The van der Waals surface area contributed by atoms with Gasteiger partial charge in [-0.3, -0.25) is 9.00 Å². The minimum absolute atomic E-state index is 0.111. The highest BCUT2D eigenvalue weighted by Crippen LogP contribution is 2.31. The molecular formula is C24H21N3O2S. The number of rotatable bonds is 4. The fourth-order valence-corrected chi connectivity index (χ4v) is 5.19. The van der Waals surface area contributed by atoms with E-state index in [0.717, 1.165) is 38.8 Å². The molecule has 1 unspecified atom stereocenters. The topological polar surface area (TPSA) is 64.0 Å². The number of aryl methyl sites for hydroxylation is 1. The molecular weight excluding hydrogens is 394 g/mol. The van der Waals surface area contributed by atoms with E-state index >= 15 is 0 Å². The number of carbonyl (C=O) groups excluding carboxylic acids is 1. The Hall–Kier alpha value is -3.25. The van der Waals surface area contributed by atoms with E-state index in [4.69, 9.17) is 0 Å². The van der Waals surface area contributed by atoms with Gasteiger partial charge in [-0.05, 0) is 35.4 Å². The Morgan fingerprint density at radius 2 is 1.80 bits per heavy atom. The van der Waals surface area contributed by atoms with Crippen LogP contribution in [0.15, 0.2) is 66.7 Å². The number of nitrogens with zero attached hydrogens (tertiary/aromatic N) is 2. The second-order valence-electron chi connectivity index (χ2n) is 7.61. The van der Waals surface area contributed by atoms with E-state index in [-0.39, 0.29) is 12.3 Å². The first-order valence-corrected chi connectivity index (χ1v) is 11.4. The Kier molecular flexibility index (Phi) is 4.71. The molecule has 0 aliphatic carbocycles. The first kappa shape index (κ1) is 18.8. The third-order valence-electron chi connectivity index (χ3n) is 5.44. The molecule has 150 valence electrons. The van der Waals surface area contributed by atoms with Gasteiger partial charge in [0.1, 0.15) is 5.82 Å². The first-order valence-electron chi connectivity index (χ1n) is 9.88. The molecule has 0 fully saturated rings. The van der Waals surface area contributed by atoms with Gasteiger partial charge < -0.3 is 5.32 Å². The number of anilines is 1. The molecule has 1 aromatic heterocycles. The molecule has 4 aromatic rings. The molecule has 0 bridgehead atoms. The van der Waals surface area contributed by atoms with Crippen LogP contribution in [0.4, 0.5) is 5.82 Å². The number of carbonyl (C=O) groups is 1. The van der Waals surface area contributed by atoms with Crippen molar-refractivity contribution in [3.63, 3.8) is 0 Å². The molecule has 5 rings (SSSR count). The largest absolute Gasteiger partial charge is 0.310 e. The molecule has 30 heavy (non-hydrogen) atoms. The van der Waals surface area contributed by atoms with Crippen LogP contribution in [0.2, 0.25) is 0 Å². The van der Waals surface area contributed by atoms with Crippen molar-refractivity contribution in [1.29, 1.82) is 0 Å². The SMILES string of the molecule is Cc1ccc(-n2nc3c(c2NC(=O)Cc2cccc4ccccc24)CS(=O)C3)cc1. The molecule has 1 amide bonds. The highest BCUT2D eigenvalue weighted by atomic mass is 32.2. The van der Waals surface area contributed by atoms with Crippen LogP contribution in [0.5, 0.6) is 0 Å². The molecule has 0 radical (unpaired) electrons. The second-order valence-corrected chi connectivity index (χ2v) is 9.07. The van der Waals surface area contributed by atoms with Crippen molar-refractivity contribution in [2.45, 2.75) is 24.9 Å². The summed E-state index contributed by atoms with van der Waals surface area (Å²) in [7, 11) is -0.965. The minimum Gasteiger partial charge on any atom is -0.310 e.